The lowest BCUT2D eigenvalue weighted by Crippen LogP contribution is -2.14. The molecule has 0 amide bonds. The van der Waals surface area contributed by atoms with E-state index in [4.69, 9.17) is 9.47 Å². The lowest BCUT2D eigenvalue weighted by Gasteiger charge is -2.08. The van der Waals surface area contributed by atoms with E-state index in [1.54, 1.807) is 0 Å². The molecule has 1 aliphatic rings. The molecule has 86 valence electrons. The third-order valence-electron chi connectivity index (χ3n) is 2.55. The Morgan fingerprint density at radius 2 is 2.19 bits per heavy atom. The molecule has 4 heteroatoms. The van der Waals surface area contributed by atoms with Crippen LogP contribution in [0.2, 0.25) is 0 Å². The van der Waals surface area contributed by atoms with Crippen molar-refractivity contribution in [2.75, 3.05) is 19.8 Å². The minimum atomic E-state index is -0.410. The minimum absolute atomic E-state index is 0.296. The van der Waals surface area contributed by atoms with Crippen molar-refractivity contribution in [2.45, 2.75) is 6.42 Å². The Morgan fingerprint density at radius 1 is 1.44 bits per heavy atom. The fourth-order valence-corrected chi connectivity index (χ4v) is 1.58. The molecule has 0 radical (unpaired) electrons. The van der Waals surface area contributed by atoms with Crippen LogP contribution in [0.3, 0.4) is 0 Å². The Morgan fingerprint density at radius 3 is 2.81 bits per heavy atom. The average molecular weight is 224 g/mol. The number of esters is 1. The van der Waals surface area contributed by atoms with Crippen LogP contribution in [0.1, 0.15) is 16.8 Å². The lowest BCUT2D eigenvalue weighted by molar-refractivity contribution is 0.0428. The van der Waals surface area contributed by atoms with Gasteiger partial charge in [0.1, 0.15) is 5.82 Å². The van der Waals surface area contributed by atoms with Crippen molar-refractivity contribution in [1.29, 1.82) is 0 Å². The van der Waals surface area contributed by atoms with Crippen LogP contribution in [-0.4, -0.2) is 25.8 Å². The van der Waals surface area contributed by atoms with Crippen LogP contribution in [0.4, 0.5) is 4.39 Å². The average Bonchev–Trinajstić information content (AvgIpc) is 2.80. The van der Waals surface area contributed by atoms with E-state index in [0.29, 0.717) is 24.7 Å². The standard InChI is InChI=1S/C12H13FO3/c13-11-3-1-10(2-4-11)12(14)16-8-9-5-6-15-7-9/h1-4,9H,5-8H2. The van der Waals surface area contributed by atoms with Crippen molar-refractivity contribution in [2.24, 2.45) is 5.92 Å². The van der Waals surface area contributed by atoms with E-state index in [-0.39, 0.29) is 5.82 Å². The van der Waals surface area contributed by atoms with Gasteiger partial charge in [-0.05, 0) is 30.7 Å². The zero-order chi connectivity index (χ0) is 11.4. The molecule has 0 aliphatic carbocycles. The second-order valence-electron chi connectivity index (χ2n) is 3.83. The molecule has 1 aromatic carbocycles. The molecule has 0 bridgehead atoms. The fourth-order valence-electron chi connectivity index (χ4n) is 1.58. The molecule has 1 atom stereocenters. The van der Waals surface area contributed by atoms with Crippen molar-refractivity contribution >= 4 is 5.97 Å². The van der Waals surface area contributed by atoms with Crippen LogP contribution in [0.15, 0.2) is 24.3 Å². The number of carbonyl (C=O) groups excluding carboxylic acids is 1. The topological polar surface area (TPSA) is 35.5 Å². The summed E-state index contributed by atoms with van der Waals surface area (Å²) in [4.78, 5) is 11.5. The third kappa shape index (κ3) is 2.79. The molecule has 1 unspecified atom stereocenters. The second-order valence-corrected chi connectivity index (χ2v) is 3.83. The van der Waals surface area contributed by atoms with Gasteiger partial charge in [0.2, 0.25) is 0 Å². The quantitative estimate of drug-likeness (QED) is 0.737. The normalized spacial score (nSPS) is 19.7. The summed E-state index contributed by atoms with van der Waals surface area (Å²) in [5, 5.41) is 0. The van der Waals surface area contributed by atoms with Crippen LogP contribution < -0.4 is 0 Å². The number of benzene rings is 1. The van der Waals surface area contributed by atoms with Crippen LogP contribution in [0.25, 0.3) is 0 Å². The van der Waals surface area contributed by atoms with Gasteiger partial charge in [-0.2, -0.15) is 0 Å². The van der Waals surface area contributed by atoms with Crippen molar-refractivity contribution in [1.82, 2.24) is 0 Å². The Hall–Kier alpha value is -1.42. The summed E-state index contributed by atoms with van der Waals surface area (Å²) in [6, 6.07) is 5.33. The van der Waals surface area contributed by atoms with Crippen LogP contribution in [-0.2, 0) is 9.47 Å². The van der Waals surface area contributed by atoms with Gasteiger partial charge in [0, 0.05) is 12.5 Å². The molecule has 0 aromatic heterocycles. The number of hydrogen-bond acceptors (Lipinski definition) is 3. The number of halogens is 1. The summed E-state index contributed by atoms with van der Waals surface area (Å²) < 4.78 is 22.9. The van der Waals surface area contributed by atoms with E-state index >= 15 is 0 Å². The molecule has 2 rings (SSSR count). The number of hydrogen-bond donors (Lipinski definition) is 0. The first-order valence-electron chi connectivity index (χ1n) is 5.26. The van der Waals surface area contributed by atoms with Gasteiger partial charge < -0.3 is 9.47 Å². The first-order chi connectivity index (χ1) is 7.75. The first-order valence-corrected chi connectivity index (χ1v) is 5.26. The van der Waals surface area contributed by atoms with Gasteiger partial charge in [-0.15, -0.1) is 0 Å². The van der Waals surface area contributed by atoms with E-state index < -0.39 is 5.97 Å². The molecule has 1 aromatic rings. The highest BCUT2D eigenvalue weighted by molar-refractivity contribution is 5.89. The van der Waals surface area contributed by atoms with E-state index in [2.05, 4.69) is 0 Å². The van der Waals surface area contributed by atoms with Gasteiger partial charge in [0.05, 0.1) is 18.8 Å². The molecule has 0 spiro atoms. The summed E-state index contributed by atoms with van der Waals surface area (Å²) >= 11 is 0. The van der Waals surface area contributed by atoms with Crippen molar-refractivity contribution in [3.63, 3.8) is 0 Å². The molecule has 1 saturated heterocycles. The van der Waals surface area contributed by atoms with Crippen molar-refractivity contribution < 1.29 is 18.7 Å². The molecule has 16 heavy (non-hydrogen) atoms. The largest absolute Gasteiger partial charge is 0.462 e. The Bertz CT molecular complexity index is 355. The van der Waals surface area contributed by atoms with Crippen LogP contribution in [0.5, 0.6) is 0 Å². The van der Waals surface area contributed by atoms with Crippen molar-refractivity contribution in [3.05, 3.63) is 35.6 Å². The van der Waals surface area contributed by atoms with E-state index in [9.17, 15) is 9.18 Å². The zero-order valence-corrected chi connectivity index (χ0v) is 8.82. The minimum Gasteiger partial charge on any atom is -0.462 e. The monoisotopic (exact) mass is 224 g/mol. The van der Waals surface area contributed by atoms with Crippen molar-refractivity contribution in [3.8, 4) is 0 Å². The zero-order valence-electron chi connectivity index (χ0n) is 8.82. The van der Waals surface area contributed by atoms with Crippen LogP contribution >= 0.6 is 0 Å². The Labute approximate surface area is 93.2 Å². The third-order valence-corrected chi connectivity index (χ3v) is 2.55. The van der Waals surface area contributed by atoms with Gasteiger partial charge in [-0.3, -0.25) is 0 Å². The fraction of sp³-hybridized carbons (Fsp3) is 0.417. The molecule has 1 aliphatic heterocycles. The summed E-state index contributed by atoms with van der Waals surface area (Å²) in [5.41, 5.74) is 0.375. The van der Waals surface area contributed by atoms with E-state index in [1.165, 1.54) is 24.3 Å². The molecular weight excluding hydrogens is 211 g/mol. The first kappa shape index (κ1) is 11.1. The van der Waals surface area contributed by atoms with Gasteiger partial charge in [-0.1, -0.05) is 0 Å². The highest BCUT2D eigenvalue weighted by Gasteiger charge is 2.18. The SMILES string of the molecule is O=C(OCC1CCOC1)c1ccc(F)cc1. The predicted octanol–water partition coefficient (Wildman–Crippen LogP) is 2.02. The number of rotatable bonds is 3. The van der Waals surface area contributed by atoms with Gasteiger partial charge >= 0.3 is 5.97 Å². The second kappa shape index (κ2) is 5.07. The number of ether oxygens (including phenoxy) is 2. The summed E-state index contributed by atoms with van der Waals surface area (Å²) in [6.45, 7) is 1.76. The molecule has 1 fully saturated rings. The lowest BCUT2D eigenvalue weighted by atomic mass is 10.1. The highest BCUT2D eigenvalue weighted by Crippen LogP contribution is 2.13. The summed E-state index contributed by atoms with van der Waals surface area (Å²) in [6.07, 6.45) is 0.927. The molecule has 3 nitrogen and oxygen atoms in total. The Balaban J connectivity index is 1.85. The summed E-state index contributed by atoms with van der Waals surface area (Å²) in [5.74, 6) is -0.475. The number of carbonyl (C=O) groups is 1. The van der Waals surface area contributed by atoms with Gasteiger partial charge in [0.25, 0.3) is 0 Å². The summed E-state index contributed by atoms with van der Waals surface area (Å²) in [7, 11) is 0. The Kier molecular flexibility index (Phi) is 3.51. The molecular formula is C12H13FO3. The maximum atomic E-state index is 12.6. The highest BCUT2D eigenvalue weighted by atomic mass is 19.1. The van der Waals surface area contributed by atoms with E-state index in [0.717, 1.165) is 13.0 Å². The molecule has 0 N–H and O–H groups in total. The maximum absolute atomic E-state index is 12.6. The van der Waals surface area contributed by atoms with Gasteiger partial charge in [0.15, 0.2) is 0 Å². The smallest absolute Gasteiger partial charge is 0.338 e. The molecule has 1 heterocycles. The molecule has 0 saturated carbocycles. The predicted molar refractivity (Wildman–Crippen MR) is 55.6 cm³/mol. The maximum Gasteiger partial charge on any atom is 0.338 e. The van der Waals surface area contributed by atoms with Gasteiger partial charge in [-0.25, -0.2) is 9.18 Å². The van der Waals surface area contributed by atoms with E-state index in [1.807, 2.05) is 0 Å². The van der Waals surface area contributed by atoms with Crippen LogP contribution in [0, 0.1) is 11.7 Å².